The van der Waals surface area contributed by atoms with Gasteiger partial charge in [-0.15, -0.1) is 5.10 Å². The minimum absolute atomic E-state index is 0.130. The predicted octanol–water partition coefficient (Wildman–Crippen LogP) is -0.732. The molecule has 1 aromatic carbocycles. The number of imide groups is 1. The molecule has 0 aliphatic carbocycles. The van der Waals surface area contributed by atoms with Gasteiger partial charge < -0.3 is 9.80 Å². The Morgan fingerprint density at radius 1 is 1.03 bits per heavy atom. The van der Waals surface area contributed by atoms with Crippen molar-refractivity contribution < 1.29 is 19.2 Å². The Morgan fingerprint density at radius 3 is 2.71 bits per heavy atom. The maximum atomic E-state index is 12.9. The molecule has 3 aliphatic heterocycles. The number of hydrogen-bond acceptors (Lipinski definition) is 8. The summed E-state index contributed by atoms with van der Waals surface area (Å²) < 4.78 is 1.44. The number of fused-ring (bicyclic) bond motifs is 2. The fourth-order valence-corrected chi connectivity index (χ4v) is 4.68. The van der Waals surface area contributed by atoms with Crippen molar-refractivity contribution in [3.63, 3.8) is 0 Å². The molecule has 176 valence electrons. The van der Waals surface area contributed by atoms with E-state index in [9.17, 15) is 24.0 Å². The first-order valence-electron chi connectivity index (χ1n) is 10.9. The van der Waals surface area contributed by atoms with Gasteiger partial charge in [0, 0.05) is 36.7 Å². The van der Waals surface area contributed by atoms with Crippen molar-refractivity contribution in [2.75, 3.05) is 0 Å². The maximum absolute atomic E-state index is 12.9. The zero-order valence-electron chi connectivity index (χ0n) is 18.2. The Morgan fingerprint density at radius 2 is 1.89 bits per heavy atom. The van der Waals surface area contributed by atoms with E-state index < -0.39 is 11.9 Å². The van der Waals surface area contributed by atoms with Crippen molar-refractivity contribution in [1.82, 2.24) is 40.3 Å². The molecule has 1 saturated heterocycles. The number of rotatable bonds is 3. The maximum Gasteiger partial charge on any atom is 0.276 e. The molecule has 1 unspecified atom stereocenters. The second-order valence-corrected chi connectivity index (χ2v) is 8.66. The summed E-state index contributed by atoms with van der Waals surface area (Å²) in [6.07, 6.45) is 1.97. The first kappa shape index (κ1) is 20.9. The number of benzene rings is 1. The Labute approximate surface area is 196 Å². The van der Waals surface area contributed by atoms with Crippen molar-refractivity contribution in [1.29, 1.82) is 0 Å². The molecule has 0 saturated carbocycles. The first-order valence-corrected chi connectivity index (χ1v) is 10.9. The molecule has 0 spiro atoms. The highest BCUT2D eigenvalue weighted by Gasteiger charge is 2.39. The summed E-state index contributed by atoms with van der Waals surface area (Å²) in [4.78, 5) is 64.0. The number of aromatic amines is 1. The number of amides is 4. The fraction of sp³-hybridized carbons (Fsp3) is 0.273. The van der Waals surface area contributed by atoms with Crippen LogP contribution in [0.25, 0.3) is 5.69 Å². The van der Waals surface area contributed by atoms with Gasteiger partial charge >= 0.3 is 0 Å². The quantitative estimate of drug-likeness (QED) is 0.469. The molecular formula is C22H18N8O5. The molecule has 4 amide bonds. The molecule has 35 heavy (non-hydrogen) atoms. The molecule has 2 aromatic heterocycles. The van der Waals surface area contributed by atoms with Gasteiger partial charge in [-0.25, -0.2) is 9.78 Å². The SMILES string of the molecule is O=C1CCC(N2Cc3cc(-n4cc(C(=O)N5Cc6cc(=O)[nH]nc6C5)nn4)ccc3C2=O)C(=O)N1. The normalized spacial score (nSPS) is 19.1. The van der Waals surface area contributed by atoms with E-state index in [1.165, 1.54) is 26.7 Å². The third-order valence-corrected chi connectivity index (χ3v) is 6.45. The van der Waals surface area contributed by atoms with Gasteiger partial charge in [-0.2, -0.15) is 5.10 Å². The van der Waals surface area contributed by atoms with Crippen LogP contribution in [0, 0.1) is 0 Å². The molecule has 0 bridgehead atoms. The van der Waals surface area contributed by atoms with Gasteiger partial charge in [-0.1, -0.05) is 5.21 Å². The summed E-state index contributed by atoms with van der Waals surface area (Å²) in [5.41, 5.74) is 2.93. The summed E-state index contributed by atoms with van der Waals surface area (Å²) in [5, 5.41) is 16.7. The van der Waals surface area contributed by atoms with Crippen LogP contribution >= 0.6 is 0 Å². The highest BCUT2D eigenvalue weighted by Crippen LogP contribution is 2.29. The summed E-state index contributed by atoms with van der Waals surface area (Å²) in [6.45, 7) is 0.747. The Bertz CT molecular complexity index is 1490. The van der Waals surface area contributed by atoms with Crippen LogP contribution in [0.15, 0.2) is 35.3 Å². The summed E-state index contributed by atoms with van der Waals surface area (Å²) in [6, 6.07) is 5.84. The third kappa shape index (κ3) is 3.48. The van der Waals surface area contributed by atoms with Crippen molar-refractivity contribution in [2.24, 2.45) is 0 Å². The van der Waals surface area contributed by atoms with Gasteiger partial charge in [-0.05, 0) is 30.2 Å². The van der Waals surface area contributed by atoms with Gasteiger partial charge in [0.05, 0.1) is 24.1 Å². The van der Waals surface area contributed by atoms with E-state index in [0.29, 0.717) is 28.1 Å². The molecule has 13 heteroatoms. The van der Waals surface area contributed by atoms with Crippen LogP contribution in [0.2, 0.25) is 0 Å². The number of piperidine rings is 1. The summed E-state index contributed by atoms with van der Waals surface area (Å²) in [5.74, 6) is -1.42. The van der Waals surface area contributed by atoms with E-state index in [0.717, 1.165) is 0 Å². The lowest BCUT2D eigenvalue weighted by molar-refractivity contribution is -0.136. The molecule has 0 radical (unpaired) electrons. The molecule has 1 fully saturated rings. The van der Waals surface area contributed by atoms with Crippen molar-refractivity contribution in [2.45, 2.75) is 38.5 Å². The second kappa shape index (κ2) is 7.68. The Balaban J connectivity index is 1.20. The topological polar surface area (TPSA) is 163 Å². The lowest BCUT2D eigenvalue weighted by Gasteiger charge is -2.29. The number of aromatic nitrogens is 5. The van der Waals surface area contributed by atoms with Crippen LogP contribution in [0.4, 0.5) is 0 Å². The van der Waals surface area contributed by atoms with E-state index in [-0.39, 0.29) is 61.5 Å². The second-order valence-electron chi connectivity index (χ2n) is 8.66. The zero-order chi connectivity index (χ0) is 24.3. The highest BCUT2D eigenvalue weighted by molar-refractivity contribution is 6.05. The molecule has 13 nitrogen and oxygen atoms in total. The number of nitrogens with zero attached hydrogens (tertiary/aromatic N) is 6. The van der Waals surface area contributed by atoms with E-state index in [1.807, 2.05) is 0 Å². The average molecular weight is 474 g/mol. The molecule has 3 aromatic rings. The number of hydrogen-bond donors (Lipinski definition) is 2. The molecule has 5 heterocycles. The molecule has 6 rings (SSSR count). The summed E-state index contributed by atoms with van der Waals surface area (Å²) >= 11 is 0. The van der Waals surface area contributed by atoms with Gasteiger partial charge in [0.25, 0.3) is 17.4 Å². The standard InChI is InChI=1S/C22H18N8O5/c31-18-4-3-17(20(33)23-18)29-8-11-5-13(1-2-14(11)21(29)34)30-10-16(25-27-30)22(35)28-7-12-6-19(32)26-24-15(12)9-28/h1-2,5-6,10,17H,3-4,7-9H2,(H,26,32)(H,23,31,33). The van der Waals surface area contributed by atoms with Gasteiger partial charge in [0.15, 0.2) is 5.69 Å². The minimum Gasteiger partial charge on any atom is -0.327 e. The Kier molecular flexibility index (Phi) is 4.59. The highest BCUT2D eigenvalue weighted by atomic mass is 16.2. The van der Waals surface area contributed by atoms with E-state index in [2.05, 4.69) is 25.8 Å². The smallest absolute Gasteiger partial charge is 0.276 e. The molecular weight excluding hydrogens is 456 g/mol. The van der Waals surface area contributed by atoms with Crippen molar-refractivity contribution in [3.8, 4) is 5.69 Å². The third-order valence-electron chi connectivity index (χ3n) is 6.45. The van der Waals surface area contributed by atoms with Crippen LogP contribution in [0.1, 0.15) is 50.5 Å². The van der Waals surface area contributed by atoms with Crippen LogP contribution in [0.3, 0.4) is 0 Å². The molecule has 2 N–H and O–H groups in total. The summed E-state index contributed by atoms with van der Waals surface area (Å²) in [7, 11) is 0. The van der Waals surface area contributed by atoms with Crippen LogP contribution in [-0.4, -0.2) is 64.7 Å². The van der Waals surface area contributed by atoms with Crippen molar-refractivity contribution >= 4 is 23.6 Å². The predicted molar refractivity (Wildman–Crippen MR) is 116 cm³/mol. The average Bonchev–Trinajstić information content (AvgIpc) is 3.56. The molecule has 1 atom stereocenters. The first-order chi connectivity index (χ1) is 16.9. The largest absolute Gasteiger partial charge is 0.327 e. The van der Waals surface area contributed by atoms with Crippen molar-refractivity contribution in [3.05, 3.63) is 68.9 Å². The fourth-order valence-electron chi connectivity index (χ4n) is 4.68. The van der Waals surface area contributed by atoms with Crippen LogP contribution in [0.5, 0.6) is 0 Å². The van der Waals surface area contributed by atoms with Crippen LogP contribution in [-0.2, 0) is 29.2 Å². The van der Waals surface area contributed by atoms with Gasteiger partial charge in [0.1, 0.15) is 6.04 Å². The zero-order valence-corrected chi connectivity index (χ0v) is 18.2. The van der Waals surface area contributed by atoms with Crippen LogP contribution < -0.4 is 10.9 Å². The van der Waals surface area contributed by atoms with E-state index in [4.69, 9.17) is 0 Å². The monoisotopic (exact) mass is 474 g/mol. The number of H-pyrrole nitrogens is 1. The number of carbonyl (C=O) groups is 4. The lowest BCUT2D eigenvalue weighted by Crippen LogP contribution is -2.52. The minimum atomic E-state index is -0.694. The van der Waals surface area contributed by atoms with Gasteiger partial charge in [-0.3, -0.25) is 29.3 Å². The van der Waals surface area contributed by atoms with Gasteiger partial charge in [0.2, 0.25) is 11.8 Å². The number of nitrogens with one attached hydrogen (secondary N) is 2. The van der Waals surface area contributed by atoms with E-state index in [1.54, 1.807) is 18.2 Å². The molecule has 3 aliphatic rings. The Hall–Kier alpha value is -4.68. The lowest BCUT2D eigenvalue weighted by atomic mass is 10.0. The number of carbonyl (C=O) groups excluding carboxylic acids is 4. The van der Waals surface area contributed by atoms with E-state index >= 15 is 0 Å².